The van der Waals surface area contributed by atoms with Crippen LogP contribution in [0.2, 0.25) is 0 Å². The van der Waals surface area contributed by atoms with Crippen LogP contribution >= 0.6 is 23.1 Å². The summed E-state index contributed by atoms with van der Waals surface area (Å²) >= 11 is 2.89. The first kappa shape index (κ1) is 16.7. The zero-order chi connectivity index (χ0) is 17.3. The van der Waals surface area contributed by atoms with Crippen LogP contribution in [-0.4, -0.2) is 31.8 Å². The molecule has 0 fully saturated rings. The Morgan fingerprint density at radius 2 is 2.21 bits per heavy atom. The van der Waals surface area contributed by atoms with Gasteiger partial charge in [-0.3, -0.25) is 9.20 Å². The molecule has 0 aliphatic carbocycles. The van der Waals surface area contributed by atoms with Crippen LogP contribution in [0.4, 0.5) is 0 Å². The number of carbonyl (C=O) groups is 1. The summed E-state index contributed by atoms with van der Waals surface area (Å²) in [6, 6.07) is 10.2. The third-order valence-corrected chi connectivity index (χ3v) is 5.97. The fourth-order valence-electron chi connectivity index (χ4n) is 2.21. The fraction of sp³-hybridized carbons (Fsp3) is 0.375. The minimum Gasteiger partial charge on any atom is -0.337 e. The zero-order valence-corrected chi connectivity index (χ0v) is 15.2. The van der Waals surface area contributed by atoms with E-state index in [2.05, 4.69) is 21.6 Å². The number of benzene rings is 1. The summed E-state index contributed by atoms with van der Waals surface area (Å²) in [5.41, 5.74) is 0.168. The van der Waals surface area contributed by atoms with Gasteiger partial charge in [-0.15, -0.1) is 10.2 Å². The lowest BCUT2D eigenvalue weighted by Gasteiger charge is -2.27. The lowest BCUT2D eigenvalue weighted by Crippen LogP contribution is -2.49. The fourth-order valence-corrected chi connectivity index (χ4v) is 3.97. The van der Waals surface area contributed by atoms with E-state index in [1.54, 1.807) is 18.3 Å². The Morgan fingerprint density at radius 3 is 2.92 bits per heavy atom. The number of thioether (sulfide) groups is 1. The molecule has 1 amide bonds. The first-order valence-corrected chi connectivity index (χ1v) is 9.32. The highest BCUT2D eigenvalue weighted by atomic mass is 32.2. The highest BCUT2D eigenvalue weighted by Gasteiger charge is 2.30. The number of nitrogens with one attached hydrogen (secondary N) is 1. The first-order chi connectivity index (χ1) is 11.4. The number of carbonyl (C=O) groups excluding carboxylic acids is 1. The highest BCUT2D eigenvalue weighted by molar-refractivity contribution is 7.99. The summed E-state index contributed by atoms with van der Waals surface area (Å²) < 4.78 is 3.09. The van der Waals surface area contributed by atoms with E-state index < -0.39 is 5.54 Å². The van der Waals surface area contributed by atoms with Crippen molar-refractivity contribution in [1.29, 1.82) is 5.26 Å². The predicted octanol–water partition coefficient (Wildman–Crippen LogP) is 3.09. The van der Waals surface area contributed by atoms with Gasteiger partial charge in [-0.25, -0.2) is 0 Å². The van der Waals surface area contributed by atoms with Gasteiger partial charge >= 0.3 is 0 Å². The summed E-state index contributed by atoms with van der Waals surface area (Å²) in [7, 11) is 0. The molecular weight excluding hydrogens is 342 g/mol. The molecule has 6 nitrogen and oxygen atoms in total. The van der Waals surface area contributed by atoms with Gasteiger partial charge in [0, 0.05) is 0 Å². The van der Waals surface area contributed by atoms with Crippen molar-refractivity contribution in [2.75, 3.05) is 5.75 Å². The topological polar surface area (TPSA) is 83.1 Å². The van der Waals surface area contributed by atoms with Crippen LogP contribution in [0.15, 0.2) is 29.4 Å². The Balaban J connectivity index is 1.77. The highest BCUT2D eigenvalue weighted by Crippen LogP contribution is 2.29. The van der Waals surface area contributed by atoms with E-state index >= 15 is 0 Å². The first-order valence-electron chi connectivity index (χ1n) is 7.52. The molecule has 24 heavy (non-hydrogen) atoms. The van der Waals surface area contributed by atoms with E-state index in [0.717, 1.165) is 15.2 Å². The number of para-hydroxylation sites is 1. The normalized spacial score (nSPS) is 14.0. The van der Waals surface area contributed by atoms with E-state index in [1.165, 1.54) is 11.8 Å². The average molecular weight is 359 g/mol. The Kier molecular flexibility index (Phi) is 4.47. The van der Waals surface area contributed by atoms with Crippen molar-refractivity contribution in [3.63, 3.8) is 0 Å². The van der Waals surface area contributed by atoms with E-state index in [9.17, 15) is 10.1 Å². The van der Waals surface area contributed by atoms with Crippen LogP contribution in [0.1, 0.15) is 20.8 Å². The second-order valence-electron chi connectivity index (χ2n) is 5.98. The number of rotatable bonds is 5. The Bertz CT molecular complexity index is 939. The second kappa shape index (κ2) is 6.42. The van der Waals surface area contributed by atoms with Crippen molar-refractivity contribution in [2.24, 2.45) is 5.92 Å². The predicted molar refractivity (Wildman–Crippen MR) is 96.1 cm³/mol. The third-order valence-electron chi connectivity index (χ3n) is 4.03. The molecule has 3 aromatic rings. The van der Waals surface area contributed by atoms with E-state index in [1.807, 2.05) is 42.5 Å². The number of hydrogen-bond acceptors (Lipinski definition) is 6. The van der Waals surface area contributed by atoms with Crippen LogP contribution in [0.3, 0.4) is 0 Å². The number of thiazole rings is 1. The van der Waals surface area contributed by atoms with Crippen LogP contribution < -0.4 is 5.32 Å². The molecule has 2 aromatic heterocycles. The van der Waals surface area contributed by atoms with Crippen LogP contribution in [0, 0.1) is 17.2 Å². The Morgan fingerprint density at radius 1 is 1.46 bits per heavy atom. The molecule has 0 aliphatic heterocycles. The van der Waals surface area contributed by atoms with Crippen molar-refractivity contribution in [1.82, 2.24) is 19.9 Å². The zero-order valence-electron chi connectivity index (χ0n) is 13.6. The number of aromatic nitrogens is 3. The molecule has 1 atom stereocenters. The lowest BCUT2D eigenvalue weighted by molar-refractivity contribution is -0.120. The number of nitriles is 1. The van der Waals surface area contributed by atoms with E-state index in [4.69, 9.17) is 0 Å². The molecule has 0 aliphatic rings. The van der Waals surface area contributed by atoms with Crippen molar-refractivity contribution in [3.05, 3.63) is 24.3 Å². The maximum atomic E-state index is 12.2. The summed E-state index contributed by atoms with van der Waals surface area (Å²) in [6.45, 7) is 5.56. The van der Waals surface area contributed by atoms with Crippen molar-refractivity contribution < 1.29 is 4.79 Å². The van der Waals surface area contributed by atoms with Crippen molar-refractivity contribution >= 4 is 44.2 Å². The molecule has 0 saturated carbocycles. The Labute approximate surface area is 147 Å². The number of amides is 1. The summed E-state index contributed by atoms with van der Waals surface area (Å²) in [5, 5.41) is 21.1. The number of nitrogens with zero attached hydrogens (tertiary/aromatic N) is 4. The molecule has 0 unspecified atom stereocenters. The molecule has 2 heterocycles. The molecule has 0 spiro atoms. The van der Waals surface area contributed by atoms with Gasteiger partial charge in [0.25, 0.3) is 0 Å². The number of fused-ring (bicyclic) bond motifs is 3. The molecule has 3 rings (SSSR count). The second-order valence-corrected chi connectivity index (χ2v) is 7.93. The van der Waals surface area contributed by atoms with Gasteiger partial charge in [0.05, 0.1) is 22.0 Å². The summed E-state index contributed by atoms with van der Waals surface area (Å²) in [6.07, 6.45) is 0. The van der Waals surface area contributed by atoms with Crippen LogP contribution in [0.25, 0.3) is 15.2 Å². The maximum Gasteiger partial charge on any atom is 0.231 e. The molecule has 1 N–H and O–H groups in total. The maximum absolute atomic E-state index is 12.2. The largest absolute Gasteiger partial charge is 0.337 e. The van der Waals surface area contributed by atoms with Crippen molar-refractivity contribution in [2.45, 2.75) is 31.5 Å². The molecule has 0 bridgehead atoms. The average Bonchev–Trinajstić information content (AvgIpc) is 3.11. The standard InChI is InChI=1S/C16H17N5OS2/c1-10(2)16(3,9-17)18-13(22)8-23-14-19-20-15-21(14)11-6-4-5-7-12(11)24-15/h4-7,10H,8H2,1-3H3,(H,18,22)/t16-/m1/s1. The molecular formula is C16H17N5OS2. The summed E-state index contributed by atoms with van der Waals surface area (Å²) in [4.78, 5) is 13.0. The van der Waals surface area contributed by atoms with Gasteiger partial charge in [-0.1, -0.05) is 49.1 Å². The van der Waals surface area contributed by atoms with Gasteiger partial charge in [-0.05, 0) is 25.0 Å². The van der Waals surface area contributed by atoms with Gasteiger partial charge in [0.2, 0.25) is 10.9 Å². The van der Waals surface area contributed by atoms with Gasteiger partial charge in [0.1, 0.15) is 5.54 Å². The molecule has 124 valence electrons. The monoisotopic (exact) mass is 359 g/mol. The lowest BCUT2D eigenvalue weighted by atomic mass is 9.90. The van der Waals surface area contributed by atoms with Crippen LogP contribution in [-0.2, 0) is 4.79 Å². The van der Waals surface area contributed by atoms with E-state index in [-0.39, 0.29) is 17.6 Å². The van der Waals surface area contributed by atoms with Crippen LogP contribution in [0.5, 0.6) is 0 Å². The third kappa shape index (κ3) is 2.97. The van der Waals surface area contributed by atoms with Gasteiger partial charge < -0.3 is 5.32 Å². The quantitative estimate of drug-likeness (QED) is 0.708. The SMILES string of the molecule is CC(C)[C@@](C)(C#N)NC(=O)CSc1nnc2sc3ccccc3n12. The van der Waals surface area contributed by atoms with Gasteiger partial charge in [0.15, 0.2) is 5.16 Å². The Hall–Kier alpha value is -2.11. The molecule has 8 heteroatoms. The van der Waals surface area contributed by atoms with E-state index in [0.29, 0.717) is 5.16 Å². The molecule has 0 saturated heterocycles. The number of hydrogen-bond donors (Lipinski definition) is 1. The summed E-state index contributed by atoms with van der Waals surface area (Å²) in [5.74, 6) is 0.0284. The minimum atomic E-state index is -0.868. The van der Waals surface area contributed by atoms with Crippen molar-refractivity contribution in [3.8, 4) is 6.07 Å². The molecule has 1 aromatic carbocycles. The van der Waals surface area contributed by atoms with Gasteiger partial charge in [-0.2, -0.15) is 5.26 Å². The minimum absolute atomic E-state index is 0.0251. The molecule has 0 radical (unpaired) electrons. The smallest absolute Gasteiger partial charge is 0.231 e.